The molecule has 0 bridgehead atoms. The van der Waals surface area contributed by atoms with Crippen LogP contribution < -0.4 is 0 Å². The summed E-state index contributed by atoms with van der Waals surface area (Å²) < 4.78 is 4.36. The zero-order chi connectivity index (χ0) is 15.0. The standard InChI is InChI=1S/C16H8Br4S/c17-13-4-2-1-3-9(13)10-5-15(19)11(6-14(10)18)12-7-21-8-16(12)20/h1-8H. The smallest absolute Gasteiger partial charge is 0.0361 e. The molecule has 0 aliphatic heterocycles. The molecule has 106 valence electrons. The van der Waals surface area contributed by atoms with Gasteiger partial charge < -0.3 is 0 Å². The van der Waals surface area contributed by atoms with Crippen LogP contribution in [0.3, 0.4) is 0 Å². The molecule has 0 unspecified atom stereocenters. The number of halogens is 4. The van der Waals surface area contributed by atoms with Crippen molar-refractivity contribution in [3.63, 3.8) is 0 Å². The predicted octanol–water partition coefficient (Wildman–Crippen LogP) is 8.13. The first-order valence-electron chi connectivity index (χ1n) is 6.04. The van der Waals surface area contributed by atoms with Crippen LogP contribution in [0.25, 0.3) is 22.3 Å². The third kappa shape index (κ3) is 3.22. The van der Waals surface area contributed by atoms with Crippen LogP contribution >= 0.6 is 75.1 Å². The molecule has 0 nitrogen and oxygen atoms in total. The molecule has 5 heteroatoms. The lowest BCUT2D eigenvalue weighted by Gasteiger charge is -2.12. The van der Waals surface area contributed by atoms with E-state index < -0.39 is 0 Å². The molecule has 1 aromatic heterocycles. The van der Waals surface area contributed by atoms with Gasteiger partial charge in [0.1, 0.15) is 0 Å². The Morgan fingerprint density at radius 3 is 1.76 bits per heavy atom. The van der Waals surface area contributed by atoms with Crippen LogP contribution in [0.5, 0.6) is 0 Å². The van der Waals surface area contributed by atoms with E-state index in [4.69, 9.17) is 0 Å². The Kier molecular flexibility index (Phi) is 5.06. The molecule has 0 saturated carbocycles. The minimum Gasteiger partial charge on any atom is -0.151 e. The van der Waals surface area contributed by atoms with Gasteiger partial charge in [0.25, 0.3) is 0 Å². The van der Waals surface area contributed by atoms with Gasteiger partial charge in [0.15, 0.2) is 0 Å². The highest BCUT2D eigenvalue weighted by Gasteiger charge is 2.14. The highest BCUT2D eigenvalue weighted by Crippen LogP contribution is 2.42. The zero-order valence-corrected chi connectivity index (χ0v) is 17.7. The first kappa shape index (κ1) is 15.9. The highest BCUT2D eigenvalue weighted by molar-refractivity contribution is 9.11. The van der Waals surface area contributed by atoms with E-state index in [-0.39, 0.29) is 0 Å². The quantitative estimate of drug-likeness (QED) is 0.302. The molecule has 0 aliphatic carbocycles. The van der Waals surface area contributed by atoms with Gasteiger partial charge in [0, 0.05) is 28.8 Å². The van der Waals surface area contributed by atoms with E-state index in [0.29, 0.717) is 0 Å². The molecule has 1 heterocycles. The molecule has 3 aromatic rings. The van der Waals surface area contributed by atoms with Crippen LogP contribution in [-0.2, 0) is 0 Å². The summed E-state index contributed by atoms with van der Waals surface area (Å²) in [5.74, 6) is 0. The van der Waals surface area contributed by atoms with E-state index in [1.807, 2.05) is 12.1 Å². The van der Waals surface area contributed by atoms with E-state index in [9.17, 15) is 0 Å². The number of hydrogen-bond acceptors (Lipinski definition) is 1. The Morgan fingerprint density at radius 2 is 1.19 bits per heavy atom. The van der Waals surface area contributed by atoms with Gasteiger partial charge in [-0.1, -0.05) is 66.0 Å². The van der Waals surface area contributed by atoms with Crippen molar-refractivity contribution < 1.29 is 0 Å². The first-order valence-corrected chi connectivity index (χ1v) is 10.2. The fourth-order valence-corrected chi connectivity index (χ4v) is 5.23. The van der Waals surface area contributed by atoms with Gasteiger partial charge in [0.2, 0.25) is 0 Å². The van der Waals surface area contributed by atoms with Crippen molar-refractivity contribution in [3.8, 4) is 22.3 Å². The van der Waals surface area contributed by atoms with Gasteiger partial charge in [-0.05, 0) is 56.2 Å². The fraction of sp³-hybridized carbons (Fsp3) is 0. The summed E-state index contributed by atoms with van der Waals surface area (Å²) in [5.41, 5.74) is 4.70. The monoisotopic (exact) mass is 548 g/mol. The molecule has 0 radical (unpaired) electrons. The molecule has 0 amide bonds. The lowest BCUT2D eigenvalue weighted by molar-refractivity contribution is 1.52. The molecule has 0 fully saturated rings. The van der Waals surface area contributed by atoms with Crippen LogP contribution in [0, 0.1) is 0 Å². The second-order valence-electron chi connectivity index (χ2n) is 4.43. The maximum atomic E-state index is 3.71. The fourth-order valence-electron chi connectivity index (χ4n) is 2.11. The number of rotatable bonds is 2. The van der Waals surface area contributed by atoms with E-state index in [2.05, 4.69) is 98.7 Å². The largest absolute Gasteiger partial charge is 0.151 e. The van der Waals surface area contributed by atoms with Crippen LogP contribution in [0.15, 0.2) is 65.0 Å². The van der Waals surface area contributed by atoms with Gasteiger partial charge in [0.05, 0.1) is 0 Å². The maximum absolute atomic E-state index is 3.71. The Morgan fingerprint density at radius 1 is 0.571 bits per heavy atom. The molecule has 0 spiro atoms. The predicted molar refractivity (Wildman–Crippen MR) is 106 cm³/mol. The molecule has 0 N–H and O–H groups in total. The first-order chi connectivity index (χ1) is 10.1. The summed E-state index contributed by atoms with van der Waals surface area (Å²) in [6.45, 7) is 0. The summed E-state index contributed by atoms with van der Waals surface area (Å²) >= 11 is 16.3. The topological polar surface area (TPSA) is 0 Å². The second kappa shape index (κ2) is 6.67. The third-order valence-corrected chi connectivity index (χ3v) is 6.83. The van der Waals surface area contributed by atoms with Gasteiger partial charge >= 0.3 is 0 Å². The number of hydrogen-bond donors (Lipinski definition) is 0. The summed E-state index contributed by atoms with van der Waals surface area (Å²) in [4.78, 5) is 0. The maximum Gasteiger partial charge on any atom is 0.0361 e. The van der Waals surface area contributed by atoms with Crippen LogP contribution in [0.4, 0.5) is 0 Å². The molecule has 3 rings (SSSR count). The van der Waals surface area contributed by atoms with E-state index in [0.717, 1.165) is 23.5 Å². The number of thiophene rings is 1. The van der Waals surface area contributed by atoms with Crippen molar-refractivity contribution >= 4 is 75.1 Å². The molecule has 2 aromatic carbocycles. The van der Waals surface area contributed by atoms with Crippen molar-refractivity contribution in [2.24, 2.45) is 0 Å². The SMILES string of the molecule is Brc1ccccc1-c1cc(Br)c(-c2cscc2Br)cc1Br. The Hall–Kier alpha value is 0.0600. The highest BCUT2D eigenvalue weighted by atomic mass is 79.9. The Labute approximate surface area is 161 Å². The van der Waals surface area contributed by atoms with Crippen LogP contribution in [0.2, 0.25) is 0 Å². The third-order valence-electron chi connectivity index (χ3n) is 3.13. The van der Waals surface area contributed by atoms with Crippen molar-refractivity contribution in [2.45, 2.75) is 0 Å². The molecular formula is C16H8Br4S. The van der Waals surface area contributed by atoms with E-state index in [1.54, 1.807) is 11.3 Å². The lowest BCUT2D eigenvalue weighted by Crippen LogP contribution is -1.86. The molecular weight excluding hydrogens is 544 g/mol. The van der Waals surface area contributed by atoms with Gasteiger partial charge in [-0.25, -0.2) is 0 Å². The van der Waals surface area contributed by atoms with E-state index in [1.165, 1.54) is 16.7 Å². The number of benzene rings is 2. The van der Waals surface area contributed by atoms with Crippen LogP contribution in [-0.4, -0.2) is 0 Å². The lowest BCUT2D eigenvalue weighted by atomic mass is 10.0. The average Bonchev–Trinajstić information content (AvgIpc) is 2.88. The molecule has 21 heavy (non-hydrogen) atoms. The van der Waals surface area contributed by atoms with Crippen molar-refractivity contribution in [1.82, 2.24) is 0 Å². The second-order valence-corrected chi connectivity index (χ2v) is 8.59. The Bertz CT molecular complexity index is 808. The minimum absolute atomic E-state index is 1.07. The average molecular weight is 552 g/mol. The summed E-state index contributed by atoms with van der Waals surface area (Å²) in [5, 5.41) is 4.24. The molecule has 0 saturated heterocycles. The molecule has 0 aliphatic rings. The summed E-state index contributed by atoms with van der Waals surface area (Å²) in [7, 11) is 0. The van der Waals surface area contributed by atoms with Crippen molar-refractivity contribution in [3.05, 3.63) is 65.0 Å². The van der Waals surface area contributed by atoms with Crippen molar-refractivity contribution in [1.29, 1.82) is 0 Å². The van der Waals surface area contributed by atoms with Crippen LogP contribution in [0.1, 0.15) is 0 Å². The Balaban J connectivity index is 2.18. The van der Waals surface area contributed by atoms with Gasteiger partial charge in [-0.3, -0.25) is 0 Å². The zero-order valence-electron chi connectivity index (χ0n) is 10.5. The van der Waals surface area contributed by atoms with Gasteiger partial charge in [-0.15, -0.1) is 0 Å². The summed E-state index contributed by atoms with van der Waals surface area (Å²) in [6.07, 6.45) is 0. The van der Waals surface area contributed by atoms with E-state index >= 15 is 0 Å². The normalized spacial score (nSPS) is 10.9. The van der Waals surface area contributed by atoms with Crippen molar-refractivity contribution in [2.75, 3.05) is 0 Å². The van der Waals surface area contributed by atoms with Gasteiger partial charge in [-0.2, -0.15) is 11.3 Å². The molecule has 0 atom stereocenters. The summed E-state index contributed by atoms with van der Waals surface area (Å²) in [6, 6.07) is 12.5. The minimum atomic E-state index is 1.07.